The van der Waals surface area contributed by atoms with Crippen LogP contribution < -0.4 is 10.5 Å². The van der Waals surface area contributed by atoms with Crippen molar-refractivity contribution in [1.29, 1.82) is 5.41 Å². The first kappa shape index (κ1) is 13.1. The van der Waals surface area contributed by atoms with Crippen molar-refractivity contribution in [2.75, 3.05) is 0 Å². The van der Waals surface area contributed by atoms with Crippen LogP contribution >= 0.6 is 0 Å². The quantitative estimate of drug-likeness (QED) is 0.636. The molecule has 0 aliphatic carbocycles. The van der Waals surface area contributed by atoms with Gasteiger partial charge in [-0.1, -0.05) is 12.1 Å². The third-order valence-electron chi connectivity index (χ3n) is 2.84. The lowest BCUT2D eigenvalue weighted by Crippen LogP contribution is -2.13. The smallest absolute Gasteiger partial charge is 0.130 e. The number of rotatable bonds is 5. The van der Waals surface area contributed by atoms with Crippen LogP contribution in [0.25, 0.3) is 0 Å². The number of aromatic nitrogens is 2. The molecule has 0 radical (unpaired) electrons. The molecular weight excluding hydrogens is 240 g/mol. The van der Waals surface area contributed by atoms with Crippen molar-refractivity contribution in [2.45, 2.75) is 27.0 Å². The molecule has 0 saturated carbocycles. The minimum Gasteiger partial charge on any atom is -0.487 e. The highest BCUT2D eigenvalue weighted by Gasteiger charge is 2.08. The summed E-state index contributed by atoms with van der Waals surface area (Å²) in [5.74, 6) is 0.632. The monoisotopic (exact) mass is 258 g/mol. The number of amidine groups is 1. The Bertz CT molecular complexity index is 589. The van der Waals surface area contributed by atoms with E-state index in [-0.39, 0.29) is 5.84 Å². The molecular formula is C14H18N4O. The largest absolute Gasteiger partial charge is 0.487 e. The third-order valence-corrected chi connectivity index (χ3v) is 2.84. The maximum atomic E-state index is 7.52. The molecule has 5 heteroatoms. The van der Waals surface area contributed by atoms with Gasteiger partial charge in [0.05, 0.1) is 17.0 Å². The fourth-order valence-electron chi connectivity index (χ4n) is 1.96. The second-order valence-electron chi connectivity index (χ2n) is 4.29. The summed E-state index contributed by atoms with van der Waals surface area (Å²) in [7, 11) is 0. The number of benzene rings is 1. The van der Waals surface area contributed by atoms with E-state index in [2.05, 4.69) is 5.10 Å². The summed E-state index contributed by atoms with van der Waals surface area (Å²) in [5.41, 5.74) is 8.13. The maximum Gasteiger partial charge on any atom is 0.130 e. The zero-order valence-electron chi connectivity index (χ0n) is 11.2. The lowest BCUT2D eigenvalue weighted by atomic mass is 10.2. The Labute approximate surface area is 112 Å². The summed E-state index contributed by atoms with van der Waals surface area (Å²) in [6.45, 7) is 5.22. The summed E-state index contributed by atoms with van der Waals surface area (Å²) in [4.78, 5) is 0. The molecule has 19 heavy (non-hydrogen) atoms. The fraction of sp³-hybridized carbons (Fsp3) is 0.286. The van der Waals surface area contributed by atoms with E-state index in [1.165, 1.54) is 0 Å². The average Bonchev–Trinajstić information content (AvgIpc) is 2.77. The SMILES string of the molecule is CCn1nc(C)cc1COc1ccccc1C(=N)N. The first-order valence-corrected chi connectivity index (χ1v) is 6.21. The molecule has 2 aromatic rings. The fourth-order valence-corrected chi connectivity index (χ4v) is 1.96. The molecule has 0 aliphatic rings. The van der Waals surface area contributed by atoms with Gasteiger partial charge in [0, 0.05) is 6.54 Å². The van der Waals surface area contributed by atoms with Gasteiger partial charge in [-0.3, -0.25) is 10.1 Å². The summed E-state index contributed by atoms with van der Waals surface area (Å²) in [5, 5.41) is 11.9. The van der Waals surface area contributed by atoms with E-state index in [4.69, 9.17) is 15.9 Å². The number of nitrogens with zero attached hydrogens (tertiary/aromatic N) is 2. The molecule has 0 amide bonds. The number of hydrogen-bond acceptors (Lipinski definition) is 3. The number of aryl methyl sites for hydroxylation is 2. The molecule has 1 aromatic carbocycles. The average molecular weight is 258 g/mol. The van der Waals surface area contributed by atoms with Crippen molar-refractivity contribution in [3.05, 3.63) is 47.3 Å². The number of para-hydroxylation sites is 1. The minimum absolute atomic E-state index is 0.00998. The van der Waals surface area contributed by atoms with Gasteiger partial charge in [0.1, 0.15) is 18.2 Å². The second-order valence-corrected chi connectivity index (χ2v) is 4.29. The summed E-state index contributed by atoms with van der Waals surface area (Å²) >= 11 is 0. The summed E-state index contributed by atoms with van der Waals surface area (Å²) in [6.07, 6.45) is 0. The highest BCUT2D eigenvalue weighted by molar-refractivity contribution is 5.97. The van der Waals surface area contributed by atoms with Crippen molar-refractivity contribution in [2.24, 2.45) is 5.73 Å². The van der Waals surface area contributed by atoms with Gasteiger partial charge in [-0.05, 0) is 32.0 Å². The number of nitrogens with one attached hydrogen (secondary N) is 1. The zero-order valence-corrected chi connectivity index (χ0v) is 11.2. The van der Waals surface area contributed by atoms with Gasteiger partial charge >= 0.3 is 0 Å². The van der Waals surface area contributed by atoms with Gasteiger partial charge in [-0.2, -0.15) is 5.10 Å². The van der Waals surface area contributed by atoms with E-state index in [1.807, 2.05) is 42.8 Å². The Morgan fingerprint density at radius 1 is 1.42 bits per heavy atom. The molecule has 0 atom stereocenters. The van der Waals surface area contributed by atoms with Crippen molar-refractivity contribution in [1.82, 2.24) is 9.78 Å². The van der Waals surface area contributed by atoms with E-state index in [1.54, 1.807) is 6.07 Å². The number of nitrogen functional groups attached to an aromatic ring is 1. The van der Waals surface area contributed by atoms with Gasteiger partial charge in [-0.15, -0.1) is 0 Å². The maximum absolute atomic E-state index is 7.52. The second kappa shape index (κ2) is 5.56. The molecule has 100 valence electrons. The predicted molar refractivity (Wildman–Crippen MR) is 74.4 cm³/mol. The van der Waals surface area contributed by atoms with Gasteiger partial charge in [0.2, 0.25) is 0 Å². The van der Waals surface area contributed by atoms with Crippen LogP contribution in [0.15, 0.2) is 30.3 Å². The first-order valence-electron chi connectivity index (χ1n) is 6.21. The number of nitrogens with two attached hydrogens (primary N) is 1. The van der Waals surface area contributed by atoms with E-state index in [0.29, 0.717) is 17.9 Å². The third kappa shape index (κ3) is 2.93. The molecule has 0 unspecified atom stereocenters. The van der Waals surface area contributed by atoms with Crippen LogP contribution in [0.3, 0.4) is 0 Å². The van der Waals surface area contributed by atoms with Crippen LogP contribution in [0.5, 0.6) is 5.75 Å². The van der Waals surface area contributed by atoms with Crippen molar-refractivity contribution >= 4 is 5.84 Å². The van der Waals surface area contributed by atoms with E-state index >= 15 is 0 Å². The molecule has 0 fully saturated rings. The Hall–Kier alpha value is -2.30. The normalized spacial score (nSPS) is 10.4. The van der Waals surface area contributed by atoms with Crippen molar-refractivity contribution < 1.29 is 4.74 Å². The minimum atomic E-state index is 0.00998. The van der Waals surface area contributed by atoms with Crippen LogP contribution in [0.2, 0.25) is 0 Å². The topological polar surface area (TPSA) is 76.9 Å². The Kier molecular flexibility index (Phi) is 3.85. The van der Waals surface area contributed by atoms with Crippen LogP contribution in [-0.4, -0.2) is 15.6 Å². The number of hydrogen-bond donors (Lipinski definition) is 2. The van der Waals surface area contributed by atoms with E-state index in [0.717, 1.165) is 17.9 Å². The molecule has 2 rings (SSSR count). The number of ether oxygens (including phenoxy) is 1. The molecule has 0 spiro atoms. The highest BCUT2D eigenvalue weighted by Crippen LogP contribution is 2.19. The molecule has 0 aliphatic heterocycles. The Morgan fingerprint density at radius 2 is 2.16 bits per heavy atom. The molecule has 1 heterocycles. The Morgan fingerprint density at radius 3 is 2.84 bits per heavy atom. The van der Waals surface area contributed by atoms with Gasteiger partial charge in [-0.25, -0.2) is 0 Å². The van der Waals surface area contributed by atoms with Crippen LogP contribution in [0.1, 0.15) is 23.9 Å². The van der Waals surface area contributed by atoms with Gasteiger partial charge in [0.15, 0.2) is 0 Å². The first-order chi connectivity index (χ1) is 9.11. The van der Waals surface area contributed by atoms with Gasteiger partial charge < -0.3 is 10.5 Å². The lowest BCUT2D eigenvalue weighted by Gasteiger charge is -2.11. The molecule has 3 N–H and O–H groups in total. The van der Waals surface area contributed by atoms with Crippen molar-refractivity contribution in [3.63, 3.8) is 0 Å². The molecule has 5 nitrogen and oxygen atoms in total. The van der Waals surface area contributed by atoms with E-state index < -0.39 is 0 Å². The van der Waals surface area contributed by atoms with Crippen molar-refractivity contribution in [3.8, 4) is 5.75 Å². The lowest BCUT2D eigenvalue weighted by molar-refractivity contribution is 0.292. The molecule has 0 bridgehead atoms. The molecule has 0 saturated heterocycles. The highest BCUT2D eigenvalue weighted by atomic mass is 16.5. The molecule has 1 aromatic heterocycles. The van der Waals surface area contributed by atoms with Gasteiger partial charge in [0.25, 0.3) is 0 Å². The zero-order chi connectivity index (χ0) is 13.8. The van der Waals surface area contributed by atoms with E-state index in [9.17, 15) is 0 Å². The summed E-state index contributed by atoms with van der Waals surface area (Å²) in [6, 6.07) is 9.30. The summed E-state index contributed by atoms with van der Waals surface area (Å²) < 4.78 is 7.67. The predicted octanol–water partition coefficient (Wildman–Crippen LogP) is 2.07. The van der Waals surface area contributed by atoms with Crippen LogP contribution in [0, 0.1) is 12.3 Å². The van der Waals surface area contributed by atoms with Crippen LogP contribution in [-0.2, 0) is 13.2 Å². The Balaban J connectivity index is 2.16. The standard InChI is InChI=1S/C14H18N4O/c1-3-18-11(8-10(2)17-18)9-19-13-7-5-4-6-12(13)14(15)16/h4-8H,3,9H2,1-2H3,(H3,15,16). The van der Waals surface area contributed by atoms with Crippen LogP contribution in [0.4, 0.5) is 0 Å².